The lowest BCUT2D eigenvalue weighted by atomic mass is 9.75. The first-order valence-electron chi connectivity index (χ1n) is 8.28. The Kier molecular flexibility index (Phi) is 6.85. The van der Waals surface area contributed by atoms with Crippen LogP contribution in [-0.4, -0.2) is 7.05 Å². The number of halogens is 2. The molecule has 1 aliphatic rings. The fourth-order valence-corrected chi connectivity index (χ4v) is 3.99. The Bertz CT molecular complexity index is 439. The van der Waals surface area contributed by atoms with E-state index in [4.69, 9.17) is 23.2 Å². The van der Waals surface area contributed by atoms with Gasteiger partial charge in [0.25, 0.3) is 0 Å². The van der Waals surface area contributed by atoms with Crippen molar-refractivity contribution >= 4 is 23.2 Å². The summed E-state index contributed by atoms with van der Waals surface area (Å²) < 4.78 is 0. The molecule has 2 rings (SSSR count). The van der Waals surface area contributed by atoms with Crippen molar-refractivity contribution in [3.05, 3.63) is 33.8 Å². The molecular formula is C18H27Cl2N. The second kappa shape index (κ2) is 8.41. The molecule has 0 saturated heterocycles. The fourth-order valence-electron chi connectivity index (χ4n) is 3.68. The van der Waals surface area contributed by atoms with Crippen molar-refractivity contribution in [2.24, 2.45) is 11.8 Å². The molecule has 3 heteroatoms. The van der Waals surface area contributed by atoms with Gasteiger partial charge in [0.1, 0.15) is 0 Å². The monoisotopic (exact) mass is 327 g/mol. The summed E-state index contributed by atoms with van der Waals surface area (Å²) >= 11 is 12.2. The summed E-state index contributed by atoms with van der Waals surface area (Å²) in [5.74, 6) is 1.66. The summed E-state index contributed by atoms with van der Waals surface area (Å²) in [6.45, 7) is 2.28. The van der Waals surface area contributed by atoms with Crippen LogP contribution in [0.4, 0.5) is 0 Å². The summed E-state index contributed by atoms with van der Waals surface area (Å²) in [5.41, 5.74) is 1.27. The van der Waals surface area contributed by atoms with Gasteiger partial charge in [-0.2, -0.15) is 0 Å². The summed E-state index contributed by atoms with van der Waals surface area (Å²) in [4.78, 5) is 0. The molecule has 1 saturated carbocycles. The van der Waals surface area contributed by atoms with E-state index < -0.39 is 0 Å². The topological polar surface area (TPSA) is 12.0 Å². The van der Waals surface area contributed by atoms with Gasteiger partial charge in [-0.25, -0.2) is 0 Å². The number of benzene rings is 1. The van der Waals surface area contributed by atoms with Gasteiger partial charge in [0.15, 0.2) is 0 Å². The van der Waals surface area contributed by atoms with Crippen molar-refractivity contribution in [2.45, 2.75) is 57.9 Å². The Hall–Kier alpha value is -0.240. The van der Waals surface area contributed by atoms with E-state index in [1.54, 1.807) is 0 Å². The molecule has 0 radical (unpaired) electrons. The fraction of sp³-hybridized carbons (Fsp3) is 0.667. The normalized spacial score (nSPS) is 24.0. The van der Waals surface area contributed by atoms with Crippen LogP contribution >= 0.6 is 23.2 Å². The first-order chi connectivity index (χ1) is 10.2. The largest absolute Gasteiger partial charge is 0.313 e. The predicted molar refractivity (Wildman–Crippen MR) is 93.2 cm³/mol. The molecule has 0 spiro atoms. The second-order valence-corrected chi connectivity index (χ2v) is 7.18. The zero-order chi connectivity index (χ0) is 15.2. The molecule has 1 aromatic rings. The van der Waals surface area contributed by atoms with E-state index in [1.165, 1.54) is 50.5 Å². The van der Waals surface area contributed by atoms with Crippen LogP contribution in [0.15, 0.2) is 18.2 Å². The van der Waals surface area contributed by atoms with Gasteiger partial charge < -0.3 is 5.32 Å². The van der Waals surface area contributed by atoms with E-state index in [9.17, 15) is 0 Å². The minimum atomic E-state index is 0.395. The lowest BCUT2D eigenvalue weighted by molar-refractivity contribution is 0.218. The van der Waals surface area contributed by atoms with Crippen molar-refractivity contribution in [2.75, 3.05) is 7.05 Å². The summed E-state index contributed by atoms with van der Waals surface area (Å²) in [6.07, 6.45) is 9.52. The smallest absolute Gasteiger partial charge is 0.0595 e. The average molecular weight is 328 g/mol. The van der Waals surface area contributed by atoms with E-state index in [-0.39, 0.29) is 0 Å². The number of nitrogens with one attached hydrogen (secondary N) is 1. The molecule has 0 bridgehead atoms. The molecule has 0 amide bonds. The highest BCUT2D eigenvalue weighted by Crippen LogP contribution is 2.39. The molecule has 1 N–H and O–H groups in total. The first-order valence-corrected chi connectivity index (χ1v) is 9.03. The second-order valence-electron chi connectivity index (χ2n) is 6.36. The third kappa shape index (κ3) is 4.61. The molecule has 0 aliphatic heterocycles. The highest BCUT2D eigenvalue weighted by atomic mass is 35.5. The molecule has 1 atom stereocenters. The predicted octanol–water partition coefficient (Wildman–Crippen LogP) is 6.25. The number of hydrogen-bond acceptors (Lipinski definition) is 1. The van der Waals surface area contributed by atoms with Crippen LogP contribution in [0, 0.1) is 11.8 Å². The van der Waals surface area contributed by atoms with Crippen LogP contribution in [0.2, 0.25) is 10.0 Å². The van der Waals surface area contributed by atoms with Gasteiger partial charge in [-0.3, -0.25) is 0 Å². The third-order valence-electron chi connectivity index (χ3n) is 4.94. The Morgan fingerprint density at radius 2 is 1.86 bits per heavy atom. The van der Waals surface area contributed by atoms with Crippen LogP contribution in [0.5, 0.6) is 0 Å². The van der Waals surface area contributed by atoms with Crippen LogP contribution in [0.25, 0.3) is 0 Å². The molecular weight excluding hydrogens is 301 g/mol. The quantitative estimate of drug-likeness (QED) is 0.651. The number of unbranched alkanes of at least 4 members (excludes halogenated alkanes) is 1. The maximum atomic E-state index is 6.17. The van der Waals surface area contributed by atoms with Gasteiger partial charge in [0.05, 0.1) is 10.0 Å². The lowest BCUT2D eigenvalue weighted by Crippen LogP contribution is -2.28. The van der Waals surface area contributed by atoms with E-state index >= 15 is 0 Å². The van der Waals surface area contributed by atoms with Gasteiger partial charge >= 0.3 is 0 Å². The Morgan fingerprint density at radius 1 is 1.14 bits per heavy atom. The molecule has 1 nitrogen and oxygen atoms in total. The number of rotatable bonds is 6. The van der Waals surface area contributed by atoms with Crippen molar-refractivity contribution in [1.29, 1.82) is 0 Å². The molecule has 1 aliphatic carbocycles. The maximum absolute atomic E-state index is 6.17. The average Bonchev–Trinajstić information content (AvgIpc) is 2.50. The summed E-state index contributed by atoms with van der Waals surface area (Å²) in [5, 5.41) is 4.79. The molecule has 1 unspecified atom stereocenters. The van der Waals surface area contributed by atoms with Crippen LogP contribution in [0.1, 0.15) is 63.5 Å². The first kappa shape index (κ1) is 17.1. The van der Waals surface area contributed by atoms with Crippen LogP contribution < -0.4 is 5.32 Å². The molecule has 1 aromatic carbocycles. The molecule has 1 fully saturated rings. The Balaban J connectivity index is 1.97. The molecule has 0 heterocycles. The minimum absolute atomic E-state index is 0.395. The molecule has 0 aromatic heterocycles. The maximum Gasteiger partial charge on any atom is 0.0595 e. The van der Waals surface area contributed by atoms with Crippen molar-refractivity contribution < 1.29 is 0 Å². The number of hydrogen-bond donors (Lipinski definition) is 1. The highest BCUT2D eigenvalue weighted by Gasteiger charge is 2.27. The zero-order valence-corrected chi connectivity index (χ0v) is 14.7. The van der Waals surface area contributed by atoms with Crippen molar-refractivity contribution in [1.82, 2.24) is 5.32 Å². The summed E-state index contributed by atoms with van der Waals surface area (Å²) in [6, 6.07) is 6.44. The standard InChI is InChI=1S/C18H27Cl2N/c1-3-4-5-13-6-8-14(9-7-13)18(21-2)15-10-11-16(19)17(20)12-15/h10-14,18,21H,3-9H2,1-2H3. The zero-order valence-electron chi connectivity index (χ0n) is 13.2. The van der Waals surface area contributed by atoms with E-state index in [0.717, 1.165) is 5.92 Å². The molecule has 118 valence electrons. The summed E-state index contributed by atoms with van der Waals surface area (Å²) in [7, 11) is 2.05. The minimum Gasteiger partial charge on any atom is -0.313 e. The SMILES string of the molecule is CCCCC1CCC(C(NC)c2ccc(Cl)c(Cl)c2)CC1. The van der Waals surface area contributed by atoms with Crippen LogP contribution in [-0.2, 0) is 0 Å². The van der Waals surface area contributed by atoms with E-state index in [1.807, 2.05) is 12.1 Å². The van der Waals surface area contributed by atoms with Crippen molar-refractivity contribution in [3.8, 4) is 0 Å². The van der Waals surface area contributed by atoms with Crippen molar-refractivity contribution in [3.63, 3.8) is 0 Å². The molecule has 21 heavy (non-hydrogen) atoms. The van der Waals surface area contributed by atoms with Gasteiger partial charge in [-0.1, -0.05) is 68.3 Å². The van der Waals surface area contributed by atoms with Gasteiger partial charge in [0, 0.05) is 6.04 Å². The third-order valence-corrected chi connectivity index (χ3v) is 5.68. The van der Waals surface area contributed by atoms with E-state index in [0.29, 0.717) is 22.0 Å². The highest BCUT2D eigenvalue weighted by molar-refractivity contribution is 6.42. The van der Waals surface area contributed by atoms with E-state index in [2.05, 4.69) is 25.4 Å². The van der Waals surface area contributed by atoms with Gasteiger partial charge in [0.2, 0.25) is 0 Å². The Morgan fingerprint density at radius 3 is 2.43 bits per heavy atom. The Labute approximate surface area is 139 Å². The van der Waals surface area contributed by atoms with Crippen LogP contribution in [0.3, 0.4) is 0 Å². The lowest BCUT2D eigenvalue weighted by Gasteiger charge is -2.34. The van der Waals surface area contributed by atoms with Gasteiger partial charge in [-0.05, 0) is 49.4 Å². The van der Waals surface area contributed by atoms with Gasteiger partial charge in [-0.15, -0.1) is 0 Å².